The highest BCUT2D eigenvalue weighted by Crippen LogP contribution is 2.31. The molecule has 1 aromatic rings. The molecule has 0 radical (unpaired) electrons. The molecule has 0 saturated carbocycles. The molecule has 1 aromatic carbocycles. The third kappa shape index (κ3) is 1.49. The summed E-state index contributed by atoms with van der Waals surface area (Å²) in [4.78, 5) is 23.8. The SMILES string of the molecule is O=C1[C@@H]2C[C@@H](CN2)N1c1ccc([N+](=O)[O-])cc1. The highest BCUT2D eigenvalue weighted by atomic mass is 16.6. The second kappa shape index (κ2) is 3.53. The quantitative estimate of drug-likeness (QED) is 0.601. The van der Waals surface area contributed by atoms with Gasteiger partial charge in [-0.3, -0.25) is 14.9 Å². The van der Waals surface area contributed by atoms with Crippen LogP contribution in [0.2, 0.25) is 0 Å². The molecule has 2 fully saturated rings. The number of nitrogens with one attached hydrogen (secondary N) is 1. The van der Waals surface area contributed by atoms with E-state index >= 15 is 0 Å². The van der Waals surface area contributed by atoms with Gasteiger partial charge in [0.2, 0.25) is 5.91 Å². The molecule has 2 heterocycles. The predicted octanol–water partition coefficient (Wildman–Crippen LogP) is 0.672. The van der Waals surface area contributed by atoms with Crippen molar-refractivity contribution in [3.8, 4) is 0 Å². The number of hydrogen-bond acceptors (Lipinski definition) is 4. The second-order valence-corrected chi connectivity index (χ2v) is 4.33. The minimum Gasteiger partial charge on any atom is -0.307 e. The number of non-ortho nitro benzene ring substituents is 1. The van der Waals surface area contributed by atoms with Crippen molar-refractivity contribution in [3.05, 3.63) is 34.4 Å². The van der Waals surface area contributed by atoms with Gasteiger partial charge in [-0.1, -0.05) is 0 Å². The minimum atomic E-state index is -0.441. The Balaban J connectivity index is 1.90. The zero-order chi connectivity index (χ0) is 12.0. The third-order valence-corrected chi connectivity index (χ3v) is 3.35. The van der Waals surface area contributed by atoms with Gasteiger partial charge in [-0.2, -0.15) is 0 Å². The Morgan fingerprint density at radius 3 is 2.59 bits per heavy atom. The summed E-state index contributed by atoms with van der Waals surface area (Å²) in [5, 5.41) is 13.7. The van der Waals surface area contributed by atoms with Gasteiger partial charge in [0.05, 0.1) is 17.0 Å². The molecular formula is C11H11N3O3. The monoisotopic (exact) mass is 233 g/mol. The van der Waals surface area contributed by atoms with Gasteiger partial charge < -0.3 is 10.2 Å². The van der Waals surface area contributed by atoms with Crippen LogP contribution < -0.4 is 10.2 Å². The van der Waals surface area contributed by atoms with Crippen LogP contribution in [0.4, 0.5) is 11.4 Å². The first-order chi connectivity index (χ1) is 8.16. The van der Waals surface area contributed by atoms with Crippen LogP contribution in [0, 0.1) is 10.1 Å². The summed E-state index contributed by atoms with van der Waals surface area (Å²) in [6, 6.07) is 6.25. The highest BCUT2D eigenvalue weighted by molar-refractivity contribution is 6.01. The number of hydrogen-bond donors (Lipinski definition) is 1. The molecule has 2 saturated heterocycles. The largest absolute Gasteiger partial charge is 0.307 e. The fraction of sp³-hybridized carbons (Fsp3) is 0.364. The number of nitrogens with zero attached hydrogens (tertiary/aromatic N) is 2. The number of nitro groups is 1. The van der Waals surface area contributed by atoms with E-state index in [-0.39, 0.29) is 23.7 Å². The molecule has 2 bridgehead atoms. The number of carbonyl (C=O) groups excluding carboxylic acids is 1. The van der Waals surface area contributed by atoms with Crippen LogP contribution in [-0.2, 0) is 4.79 Å². The minimum absolute atomic E-state index is 0.0451. The number of nitro benzene ring substituents is 1. The Labute approximate surface area is 97.4 Å². The van der Waals surface area contributed by atoms with Crippen molar-refractivity contribution < 1.29 is 9.72 Å². The molecule has 6 heteroatoms. The van der Waals surface area contributed by atoms with E-state index in [0.29, 0.717) is 0 Å². The molecule has 3 rings (SSSR count). The maximum absolute atomic E-state index is 11.9. The van der Waals surface area contributed by atoms with E-state index in [0.717, 1.165) is 18.7 Å². The summed E-state index contributed by atoms with van der Waals surface area (Å²) in [5.74, 6) is 0.0649. The number of benzene rings is 1. The first-order valence-electron chi connectivity index (χ1n) is 5.48. The predicted molar refractivity (Wildman–Crippen MR) is 60.8 cm³/mol. The van der Waals surface area contributed by atoms with Crippen LogP contribution in [0.5, 0.6) is 0 Å². The highest BCUT2D eigenvalue weighted by Gasteiger charge is 2.45. The summed E-state index contributed by atoms with van der Waals surface area (Å²) < 4.78 is 0. The average Bonchev–Trinajstić information content (AvgIpc) is 2.89. The van der Waals surface area contributed by atoms with Crippen LogP contribution in [0.25, 0.3) is 0 Å². The number of carbonyl (C=O) groups is 1. The van der Waals surface area contributed by atoms with E-state index in [4.69, 9.17) is 0 Å². The summed E-state index contributed by atoms with van der Waals surface area (Å²) in [6.45, 7) is 0.799. The van der Waals surface area contributed by atoms with Crippen molar-refractivity contribution >= 4 is 17.3 Å². The Kier molecular flexibility index (Phi) is 2.12. The molecule has 0 aliphatic carbocycles. The summed E-state index contributed by atoms with van der Waals surface area (Å²) in [5.41, 5.74) is 0.790. The zero-order valence-electron chi connectivity index (χ0n) is 9.00. The lowest BCUT2D eigenvalue weighted by atomic mass is 10.2. The molecule has 88 valence electrons. The van der Waals surface area contributed by atoms with Crippen molar-refractivity contribution in [1.29, 1.82) is 0 Å². The molecule has 1 N–H and O–H groups in total. The molecule has 2 aliphatic rings. The lowest BCUT2D eigenvalue weighted by Gasteiger charge is -2.27. The smallest absolute Gasteiger partial charge is 0.269 e. The average molecular weight is 233 g/mol. The van der Waals surface area contributed by atoms with Crippen molar-refractivity contribution in [2.24, 2.45) is 0 Å². The first-order valence-corrected chi connectivity index (χ1v) is 5.48. The maximum atomic E-state index is 11.9. The van der Waals surface area contributed by atoms with Crippen LogP contribution in [-0.4, -0.2) is 29.5 Å². The number of piperazine rings is 1. The Morgan fingerprint density at radius 2 is 2.06 bits per heavy atom. The molecule has 0 aromatic heterocycles. The van der Waals surface area contributed by atoms with Gasteiger partial charge in [-0.15, -0.1) is 0 Å². The van der Waals surface area contributed by atoms with Crippen molar-refractivity contribution in [3.63, 3.8) is 0 Å². The zero-order valence-corrected chi connectivity index (χ0v) is 9.00. The Hall–Kier alpha value is -1.95. The Morgan fingerprint density at radius 1 is 1.35 bits per heavy atom. The van der Waals surface area contributed by atoms with Crippen LogP contribution in [0.15, 0.2) is 24.3 Å². The fourth-order valence-electron chi connectivity index (χ4n) is 2.52. The second-order valence-electron chi connectivity index (χ2n) is 4.33. The van der Waals surface area contributed by atoms with Gasteiger partial charge in [0.15, 0.2) is 0 Å². The van der Waals surface area contributed by atoms with E-state index in [1.54, 1.807) is 17.0 Å². The molecule has 1 amide bonds. The molecule has 0 unspecified atom stereocenters. The van der Waals surface area contributed by atoms with Gasteiger partial charge in [0, 0.05) is 24.4 Å². The van der Waals surface area contributed by atoms with Gasteiger partial charge in [-0.05, 0) is 18.6 Å². The summed E-state index contributed by atoms with van der Waals surface area (Å²) in [6.07, 6.45) is 0.829. The number of rotatable bonds is 2. The lowest BCUT2D eigenvalue weighted by Crippen LogP contribution is -2.48. The van der Waals surface area contributed by atoms with Crippen LogP contribution in [0.3, 0.4) is 0 Å². The van der Waals surface area contributed by atoms with E-state index in [9.17, 15) is 14.9 Å². The van der Waals surface area contributed by atoms with Gasteiger partial charge in [0.25, 0.3) is 5.69 Å². The number of amides is 1. The van der Waals surface area contributed by atoms with Gasteiger partial charge in [0.1, 0.15) is 0 Å². The summed E-state index contributed by atoms with van der Waals surface area (Å²) >= 11 is 0. The molecule has 17 heavy (non-hydrogen) atoms. The van der Waals surface area contributed by atoms with Gasteiger partial charge in [-0.25, -0.2) is 0 Å². The molecular weight excluding hydrogens is 222 g/mol. The van der Waals surface area contributed by atoms with E-state index in [1.165, 1.54) is 12.1 Å². The summed E-state index contributed by atoms with van der Waals surface area (Å²) in [7, 11) is 0. The van der Waals surface area contributed by atoms with Crippen molar-refractivity contribution in [2.75, 3.05) is 11.4 Å². The Bertz CT molecular complexity index is 485. The third-order valence-electron chi connectivity index (χ3n) is 3.35. The molecule has 6 nitrogen and oxygen atoms in total. The van der Waals surface area contributed by atoms with E-state index < -0.39 is 4.92 Å². The lowest BCUT2D eigenvalue weighted by molar-refractivity contribution is -0.384. The molecule has 2 atom stereocenters. The fourth-order valence-corrected chi connectivity index (χ4v) is 2.52. The van der Waals surface area contributed by atoms with Crippen molar-refractivity contribution in [2.45, 2.75) is 18.5 Å². The van der Waals surface area contributed by atoms with E-state index in [1.807, 2.05) is 0 Å². The van der Waals surface area contributed by atoms with Crippen molar-refractivity contribution in [1.82, 2.24) is 5.32 Å². The van der Waals surface area contributed by atoms with Gasteiger partial charge >= 0.3 is 0 Å². The maximum Gasteiger partial charge on any atom is 0.269 e. The molecule has 0 spiro atoms. The van der Waals surface area contributed by atoms with E-state index in [2.05, 4.69) is 5.32 Å². The van der Waals surface area contributed by atoms with Crippen LogP contribution in [0.1, 0.15) is 6.42 Å². The topological polar surface area (TPSA) is 75.5 Å². The number of fused-ring (bicyclic) bond motifs is 2. The van der Waals surface area contributed by atoms with Crippen LogP contribution >= 0.6 is 0 Å². The standard InChI is InChI=1S/C11H11N3O3/c15-11-10-5-9(6-12-10)13(11)7-1-3-8(4-2-7)14(16)17/h1-4,9-10,12H,5-6H2/t9-,10-/m0/s1. The molecule has 2 aliphatic heterocycles. The first kappa shape index (κ1) is 10.2. The normalized spacial score (nSPS) is 26.6. The number of anilines is 1.